The summed E-state index contributed by atoms with van der Waals surface area (Å²) >= 11 is 0. The van der Waals surface area contributed by atoms with Crippen LogP contribution in [0.25, 0.3) is 0 Å². The Balaban J connectivity index is 4.31. The molecular formula is C8H15NO. The molecule has 0 rings (SSSR count). The van der Waals surface area contributed by atoms with Crippen LogP contribution >= 0.6 is 0 Å². The van der Waals surface area contributed by atoms with Crippen molar-refractivity contribution in [2.75, 3.05) is 6.54 Å². The van der Waals surface area contributed by atoms with Crippen LogP contribution in [0.1, 0.15) is 20.8 Å². The fraction of sp³-hybridized carbons (Fsp3) is 0.625. The first-order valence-corrected chi connectivity index (χ1v) is 3.42. The smallest absolute Gasteiger partial charge is 0.117 e. The fourth-order valence-electron chi connectivity index (χ4n) is 0.545. The maximum atomic E-state index is 9.47. The maximum absolute atomic E-state index is 9.47. The molecule has 0 heterocycles. The van der Waals surface area contributed by atoms with Crippen LogP contribution in [0.2, 0.25) is 0 Å². The van der Waals surface area contributed by atoms with E-state index in [1.807, 2.05) is 6.92 Å². The topological polar surface area (TPSA) is 32.6 Å². The first-order chi connectivity index (χ1) is 4.54. The Morgan fingerprint density at radius 3 is 2.60 bits per heavy atom. The van der Waals surface area contributed by atoms with E-state index in [-0.39, 0.29) is 0 Å². The molecule has 1 N–H and O–H groups in total. The van der Waals surface area contributed by atoms with Crippen molar-refractivity contribution < 1.29 is 5.11 Å². The molecule has 2 heteroatoms. The van der Waals surface area contributed by atoms with Crippen molar-refractivity contribution in [3.05, 3.63) is 12.7 Å². The van der Waals surface area contributed by atoms with Gasteiger partial charge in [0.1, 0.15) is 5.60 Å². The van der Waals surface area contributed by atoms with E-state index < -0.39 is 5.60 Å². The monoisotopic (exact) mass is 141 g/mol. The lowest BCUT2D eigenvalue weighted by Gasteiger charge is -2.17. The molecule has 0 saturated carbocycles. The second-order valence-corrected chi connectivity index (χ2v) is 2.41. The van der Waals surface area contributed by atoms with Gasteiger partial charge in [-0.05, 0) is 20.8 Å². The molecule has 0 aliphatic heterocycles. The van der Waals surface area contributed by atoms with Crippen molar-refractivity contribution in [2.24, 2.45) is 4.99 Å². The summed E-state index contributed by atoms with van der Waals surface area (Å²) in [5.41, 5.74) is -0.222. The van der Waals surface area contributed by atoms with Crippen LogP contribution in [0.15, 0.2) is 17.6 Å². The Bertz CT molecular complexity index is 147. The van der Waals surface area contributed by atoms with E-state index >= 15 is 0 Å². The van der Waals surface area contributed by atoms with Gasteiger partial charge >= 0.3 is 0 Å². The van der Waals surface area contributed by atoms with Crippen molar-refractivity contribution in [1.29, 1.82) is 0 Å². The summed E-state index contributed by atoms with van der Waals surface area (Å²) in [5.74, 6) is 0. The van der Waals surface area contributed by atoms with Gasteiger partial charge in [0.2, 0.25) is 0 Å². The van der Waals surface area contributed by atoms with Gasteiger partial charge in [-0.3, -0.25) is 4.99 Å². The van der Waals surface area contributed by atoms with Crippen molar-refractivity contribution >= 4 is 5.71 Å². The van der Waals surface area contributed by atoms with E-state index in [0.717, 1.165) is 0 Å². The minimum Gasteiger partial charge on any atom is -0.380 e. The Hall–Kier alpha value is -0.630. The summed E-state index contributed by atoms with van der Waals surface area (Å²) < 4.78 is 0. The highest BCUT2D eigenvalue weighted by Gasteiger charge is 2.18. The second kappa shape index (κ2) is 3.52. The average Bonchev–Trinajstić information content (AvgIpc) is 1.89. The highest BCUT2D eigenvalue weighted by Crippen LogP contribution is 2.06. The fourth-order valence-corrected chi connectivity index (χ4v) is 0.545. The van der Waals surface area contributed by atoms with Gasteiger partial charge in [-0.2, -0.15) is 0 Å². The van der Waals surface area contributed by atoms with E-state index in [9.17, 15) is 5.11 Å². The van der Waals surface area contributed by atoms with E-state index in [1.165, 1.54) is 6.08 Å². The lowest BCUT2D eigenvalue weighted by Crippen LogP contribution is -2.30. The molecule has 0 fully saturated rings. The normalized spacial score (nSPS) is 18.2. The van der Waals surface area contributed by atoms with Gasteiger partial charge in [-0.1, -0.05) is 12.7 Å². The van der Waals surface area contributed by atoms with Crippen LogP contribution in [0, 0.1) is 0 Å². The summed E-state index contributed by atoms with van der Waals surface area (Å²) in [6.07, 6.45) is 1.49. The second-order valence-electron chi connectivity index (χ2n) is 2.41. The molecule has 10 heavy (non-hydrogen) atoms. The Morgan fingerprint density at radius 2 is 2.30 bits per heavy atom. The summed E-state index contributed by atoms with van der Waals surface area (Å²) in [6, 6.07) is 0. The van der Waals surface area contributed by atoms with Crippen molar-refractivity contribution in [1.82, 2.24) is 0 Å². The average molecular weight is 141 g/mol. The molecule has 1 unspecified atom stereocenters. The number of nitrogens with zero attached hydrogens (tertiary/aromatic N) is 1. The van der Waals surface area contributed by atoms with Gasteiger partial charge in [-0.25, -0.2) is 0 Å². The van der Waals surface area contributed by atoms with Gasteiger partial charge in [0.05, 0.1) is 0 Å². The van der Waals surface area contributed by atoms with Crippen molar-refractivity contribution in [3.63, 3.8) is 0 Å². The minimum absolute atomic E-state index is 0.704. The molecule has 0 aromatic heterocycles. The Morgan fingerprint density at radius 1 is 1.80 bits per heavy atom. The van der Waals surface area contributed by atoms with Gasteiger partial charge in [0.25, 0.3) is 0 Å². The molecule has 0 aliphatic carbocycles. The lowest BCUT2D eigenvalue weighted by molar-refractivity contribution is 0.183. The van der Waals surface area contributed by atoms with Gasteiger partial charge in [0, 0.05) is 12.3 Å². The molecule has 2 nitrogen and oxygen atoms in total. The summed E-state index contributed by atoms with van der Waals surface area (Å²) in [6.45, 7) is 9.61. The third-order valence-electron chi connectivity index (χ3n) is 1.53. The standard InChI is InChI=1S/C8H15NO/c1-5-8(4,10)7(3)9-6-2/h5,10H,1,6H2,2-4H3. The van der Waals surface area contributed by atoms with E-state index in [1.54, 1.807) is 13.8 Å². The predicted octanol–water partition coefficient (Wildman–Crippen LogP) is 1.40. The summed E-state index contributed by atoms with van der Waals surface area (Å²) in [4.78, 5) is 4.06. The highest BCUT2D eigenvalue weighted by atomic mass is 16.3. The number of rotatable bonds is 3. The van der Waals surface area contributed by atoms with Crippen LogP contribution < -0.4 is 0 Å². The third kappa shape index (κ3) is 2.31. The molecule has 0 saturated heterocycles. The van der Waals surface area contributed by atoms with Crippen LogP contribution in [0.4, 0.5) is 0 Å². The van der Waals surface area contributed by atoms with Gasteiger partial charge in [0.15, 0.2) is 0 Å². The number of aliphatic hydroxyl groups is 1. The number of aliphatic imine (C=N–C) groups is 1. The molecule has 0 spiro atoms. The van der Waals surface area contributed by atoms with E-state index in [2.05, 4.69) is 11.6 Å². The third-order valence-corrected chi connectivity index (χ3v) is 1.53. The zero-order chi connectivity index (χ0) is 8.20. The van der Waals surface area contributed by atoms with Crippen molar-refractivity contribution in [3.8, 4) is 0 Å². The molecule has 1 atom stereocenters. The summed E-state index contributed by atoms with van der Waals surface area (Å²) in [7, 11) is 0. The van der Waals surface area contributed by atoms with Crippen LogP contribution in [0.3, 0.4) is 0 Å². The first kappa shape index (κ1) is 9.37. The Kier molecular flexibility index (Phi) is 3.30. The lowest BCUT2D eigenvalue weighted by atomic mass is 10.0. The maximum Gasteiger partial charge on any atom is 0.117 e. The highest BCUT2D eigenvalue weighted by molar-refractivity contribution is 5.91. The molecule has 58 valence electrons. The largest absolute Gasteiger partial charge is 0.380 e. The zero-order valence-corrected chi connectivity index (χ0v) is 6.89. The van der Waals surface area contributed by atoms with E-state index in [0.29, 0.717) is 12.3 Å². The molecule has 0 radical (unpaired) electrons. The number of hydrogen-bond acceptors (Lipinski definition) is 2. The van der Waals surface area contributed by atoms with Crippen LogP contribution in [-0.2, 0) is 0 Å². The molecular weight excluding hydrogens is 126 g/mol. The molecule has 0 aromatic rings. The van der Waals surface area contributed by atoms with Crippen LogP contribution in [0.5, 0.6) is 0 Å². The molecule has 0 bridgehead atoms. The first-order valence-electron chi connectivity index (χ1n) is 3.42. The van der Waals surface area contributed by atoms with Gasteiger partial charge < -0.3 is 5.11 Å². The van der Waals surface area contributed by atoms with Gasteiger partial charge in [-0.15, -0.1) is 0 Å². The SMILES string of the molecule is C=CC(C)(O)C(C)=NCC. The predicted molar refractivity (Wildman–Crippen MR) is 44.5 cm³/mol. The Labute approximate surface area is 62.3 Å². The molecule has 0 aliphatic rings. The van der Waals surface area contributed by atoms with Crippen LogP contribution in [-0.4, -0.2) is 23.0 Å². The molecule has 0 aromatic carbocycles. The van der Waals surface area contributed by atoms with E-state index in [4.69, 9.17) is 0 Å². The summed E-state index contributed by atoms with van der Waals surface area (Å²) in [5, 5.41) is 9.47. The van der Waals surface area contributed by atoms with Crippen molar-refractivity contribution in [2.45, 2.75) is 26.4 Å². The minimum atomic E-state index is -0.935. The molecule has 0 amide bonds. The zero-order valence-electron chi connectivity index (χ0n) is 6.89. The number of hydrogen-bond donors (Lipinski definition) is 1. The quantitative estimate of drug-likeness (QED) is 0.467.